The zero-order valence-corrected chi connectivity index (χ0v) is 14.0. The van der Waals surface area contributed by atoms with Crippen molar-refractivity contribution < 1.29 is 26.4 Å². The van der Waals surface area contributed by atoms with Gasteiger partial charge in [0.15, 0.2) is 0 Å². The molecule has 0 amide bonds. The van der Waals surface area contributed by atoms with E-state index in [0.29, 0.717) is 0 Å². The molecule has 0 saturated heterocycles. The molecule has 24 heavy (non-hydrogen) atoms. The summed E-state index contributed by atoms with van der Waals surface area (Å²) >= 11 is 0. The Morgan fingerprint density at radius 1 is 0.625 bits per heavy atom. The van der Waals surface area contributed by atoms with Gasteiger partial charge in [0.05, 0.1) is 0 Å². The van der Waals surface area contributed by atoms with Crippen molar-refractivity contribution in [2.45, 2.75) is 0 Å². The van der Waals surface area contributed by atoms with Crippen LogP contribution in [-0.4, -0.2) is 0 Å². The van der Waals surface area contributed by atoms with E-state index in [2.05, 4.69) is 31.5 Å². The minimum absolute atomic E-state index is 0. The third-order valence-corrected chi connectivity index (χ3v) is 2.53. The van der Waals surface area contributed by atoms with Crippen molar-refractivity contribution in [3.8, 4) is 0 Å². The molecular formula is C21H16FeO2+. The van der Waals surface area contributed by atoms with Gasteiger partial charge in [-0.3, -0.25) is 0 Å². The van der Waals surface area contributed by atoms with Gasteiger partial charge in [0.1, 0.15) is 0 Å². The fraction of sp³-hybridized carbons (Fsp3) is 0. The Labute approximate surface area is 155 Å². The molecule has 5 radical (unpaired) electrons. The molecule has 3 heteroatoms. The molecule has 0 heterocycles. The minimum atomic E-state index is 0. The topological polar surface area (TPSA) is 39.8 Å². The van der Waals surface area contributed by atoms with E-state index in [1.54, 1.807) is 0 Å². The van der Waals surface area contributed by atoms with Crippen LogP contribution >= 0.6 is 0 Å². The Balaban J connectivity index is 0. The Morgan fingerprint density at radius 2 is 1.00 bits per heavy atom. The first kappa shape index (κ1) is 24.4. The Hall–Kier alpha value is -1.82. The summed E-state index contributed by atoms with van der Waals surface area (Å²) in [5.41, 5.74) is 2.28. The average molecular weight is 356 g/mol. The van der Waals surface area contributed by atoms with Crippen LogP contribution < -0.4 is 0 Å². The van der Waals surface area contributed by atoms with E-state index in [0.717, 1.165) is 5.56 Å². The smallest absolute Gasteiger partial charge is 0.150 e. The predicted octanol–water partition coefficient (Wildman–Crippen LogP) is 4.50. The van der Waals surface area contributed by atoms with E-state index in [-0.39, 0.29) is 17.1 Å². The van der Waals surface area contributed by atoms with Gasteiger partial charge in [0.25, 0.3) is 0 Å². The van der Waals surface area contributed by atoms with Crippen LogP contribution in [0.3, 0.4) is 0 Å². The molecular weight excluding hydrogens is 340 g/mol. The summed E-state index contributed by atoms with van der Waals surface area (Å²) in [6, 6.07) is 20.3. The van der Waals surface area contributed by atoms with E-state index >= 15 is 0 Å². The van der Waals surface area contributed by atoms with E-state index in [4.69, 9.17) is 9.30 Å². The first-order valence-corrected chi connectivity index (χ1v) is 6.72. The molecule has 1 fully saturated rings. The second-order valence-electron chi connectivity index (χ2n) is 4.03. The van der Waals surface area contributed by atoms with Gasteiger partial charge < -0.3 is 0 Å². The monoisotopic (exact) mass is 356 g/mol. The van der Waals surface area contributed by atoms with E-state index in [1.807, 2.05) is 86.7 Å². The van der Waals surface area contributed by atoms with Crippen molar-refractivity contribution in [1.29, 1.82) is 0 Å². The fourth-order valence-electron chi connectivity index (χ4n) is 1.57. The summed E-state index contributed by atoms with van der Waals surface area (Å²) in [7, 11) is 0. The molecule has 2 aromatic carbocycles. The number of hydrogen-bond donors (Lipinski definition) is 0. The quantitative estimate of drug-likeness (QED) is 0.329. The van der Waals surface area contributed by atoms with Gasteiger partial charge >= 0.3 is 39.7 Å². The Morgan fingerprint density at radius 3 is 1.42 bits per heavy atom. The second kappa shape index (κ2) is 19.2. The molecule has 0 aliphatic heterocycles. The summed E-state index contributed by atoms with van der Waals surface area (Å²) in [6.45, 7) is 9.00. The first-order valence-electron chi connectivity index (χ1n) is 6.72. The second-order valence-corrected chi connectivity index (χ2v) is 4.03. The van der Waals surface area contributed by atoms with Crippen LogP contribution in [-0.2, 0) is 26.4 Å². The van der Waals surface area contributed by atoms with Gasteiger partial charge in [-0.15, -0.1) is 42.0 Å². The van der Waals surface area contributed by atoms with Crippen LogP contribution in [0.25, 0.3) is 6.08 Å². The molecule has 0 unspecified atom stereocenters. The summed E-state index contributed by atoms with van der Waals surface area (Å²) in [5.74, 6) is 0. The molecule has 119 valence electrons. The van der Waals surface area contributed by atoms with Crippen molar-refractivity contribution in [3.05, 3.63) is 123 Å². The number of rotatable bonds is 2. The Bertz CT molecular complexity index is 500. The largest absolute Gasteiger partial charge is 2.00 e. The maximum Gasteiger partial charge on any atom is 2.00 e. The molecule has 2 nitrogen and oxygen atoms in total. The van der Waals surface area contributed by atoms with Crippen molar-refractivity contribution in [2.24, 2.45) is 0 Å². The van der Waals surface area contributed by atoms with Crippen molar-refractivity contribution in [2.75, 3.05) is 0 Å². The van der Waals surface area contributed by atoms with Gasteiger partial charge in [-0.25, -0.2) is 0 Å². The van der Waals surface area contributed by atoms with Crippen LogP contribution in [0.2, 0.25) is 0 Å². The summed E-state index contributed by atoms with van der Waals surface area (Å²) in [5, 5.41) is 0. The maximum absolute atomic E-state index is 7.50. The third kappa shape index (κ3) is 12.7. The zero-order chi connectivity index (χ0) is 17.2. The fourth-order valence-corrected chi connectivity index (χ4v) is 1.57. The van der Waals surface area contributed by atoms with E-state index < -0.39 is 0 Å². The normalized spacial score (nSPS) is 11.3. The van der Waals surface area contributed by atoms with Gasteiger partial charge in [-0.1, -0.05) is 42.0 Å². The van der Waals surface area contributed by atoms with Crippen molar-refractivity contribution in [3.63, 3.8) is 0 Å². The maximum atomic E-state index is 7.50. The van der Waals surface area contributed by atoms with Gasteiger partial charge in [-0.2, -0.15) is 0 Å². The summed E-state index contributed by atoms with van der Waals surface area (Å²) in [4.78, 5) is 0. The van der Waals surface area contributed by atoms with Gasteiger partial charge in [0, 0.05) is 0 Å². The average Bonchev–Trinajstić information content (AvgIpc) is 3.25. The van der Waals surface area contributed by atoms with Crippen molar-refractivity contribution in [1.82, 2.24) is 0 Å². The van der Waals surface area contributed by atoms with Crippen LogP contribution in [0.4, 0.5) is 0 Å². The zero-order valence-electron chi connectivity index (χ0n) is 12.9. The number of hydrogen-bond acceptors (Lipinski definition) is 0. The van der Waals surface area contributed by atoms with E-state index in [1.165, 1.54) is 5.56 Å². The minimum Gasteiger partial charge on any atom is -0.150 e. The van der Waals surface area contributed by atoms with Crippen LogP contribution in [0.15, 0.2) is 60.7 Å². The SMILES string of the molecule is [C-]#[O+].[C-]#[O+].[C-](=Cc1ccccc1)c1ccccc1.[CH]1[CH][CH][CH][CH]1.[Fe+2]. The number of benzene rings is 2. The van der Waals surface area contributed by atoms with Gasteiger partial charge in [-0.05, 0) is 32.1 Å². The molecule has 1 saturated carbocycles. The van der Waals surface area contributed by atoms with Crippen LogP contribution in [0.1, 0.15) is 11.1 Å². The van der Waals surface area contributed by atoms with Crippen molar-refractivity contribution >= 4 is 6.08 Å². The molecule has 0 bridgehead atoms. The van der Waals surface area contributed by atoms with Crippen LogP contribution in [0.5, 0.6) is 0 Å². The van der Waals surface area contributed by atoms with Gasteiger partial charge in [0.2, 0.25) is 0 Å². The summed E-state index contributed by atoms with van der Waals surface area (Å²) < 4.78 is 15.0. The molecule has 1 aliphatic carbocycles. The Kier molecular flexibility index (Phi) is 19.6. The molecule has 1 aliphatic rings. The molecule has 2 aromatic rings. The van der Waals surface area contributed by atoms with E-state index in [9.17, 15) is 0 Å². The molecule has 3 rings (SSSR count). The first-order chi connectivity index (χ1) is 11.4. The molecule has 0 N–H and O–H groups in total. The standard InChI is InChI=1S/C14H11.C5H5.2CO.Fe/c1-3-7-13(8-4-1)11-12-14-9-5-2-6-10-14;1-2-4-5-3-1;2*1-2;/h1-11H;1-5H;;;/q-1;;;;+2. The molecule has 0 atom stereocenters. The summed E-state index contributed by atoms with van der Waals surface area (Å²) in [6.07, 6.45) is 15.2. The third-order valence-electron chi connectivity index (χ3n) is 2.53. The molecule has 0 spiro atoms. The van der Waals surface area contributed by atoms with Crippen LogP contribution in [0, 0.1) is 51.5 Å². The molecule has 0 aromatic heterocycles. The predicted molar refractivity (Wildman–Crippen MR) is 89.1 cm³/mol.